The van der Waals surface area contributed by atoms with Crippen molar-refractivity contribution in [2.45, 2.75) is 13.8 Å². The van der Waals surface area contributed by atoms with Crippen molar-refractivity contribution >= 4 is 17.4 Å². The van der Waals surface area contributed by atoms with Gasteiger partial charge in [-0.25, -0.2) is 4.79 Å². The van der Waals surface area contributed by atoms with Crippen molar-refractivity contribution in [1.29, 1.82) is 0 Å². The molecule has 0 spiro atoms. The lowest BCUT2D eigenvalue weighted by Gasteiger charge is -2.36. The average Bonchev–Trinajstić information content (AvgIpc) is 2.67. The summed E-state index contributed by atoms with van der Waals surface area (Å²) in [6.45, 7) is 8.39. The Morgan fingerprint density at radius 2 is 1.56 bits per heavy atom. The molecule has 2 aliphatic rings. The van der Waals surface area contributed by atoms with Gasteiger partial charge in [0.2, 0.25) is 0 Å². The van der Waals surface area contributed by atoms with Crippen LogP contribution in [0, 0.1) is 13.8 Å². The number of hydrogen-bond acceptors (Lipinski definition) is 4. The van der Waals surface area contributed by atoms with Gasteiger partial charge in [-0.1, -0.05) is 6.07 Å². The quantitative estimate of drug-likeness (QED) is 0.884. The van der Waals surface area contributed by atoms with Gasteiger partial charge in [-0.2, -0.15) is 0 Å². The fourth-order valence-electron chi connectivity index (χ4n) is 3.62. The number of nitrogens with one attached hydrogen (secondary N) is 1. The van der Waals surface area contributed by atoms with Gasteiger partial charge in [-0.05, 0) is 49.2 Å². The van der Waals surface area contributed by atoms with Gasteiger partial charge in [0, 0.05) is 43.6 Å². The Morgan fingerprint density at radius 1 is 0.889 bits per heavy atom. The zero-order chi connectivity index (χ0) is 18.8. The molecule has 2 aromatic carbocycles. The molecule has 6 heteroatoms. The number of ether oxygens (including phenoxy) is 2. The number of rotatable bonds is 2. The lowest BCUT2D eigenvalue weighted by atomic mass is 10.1. The van der Waals surface area contributed by atoms with Gasteiger partial charge in [0.15, 0.2) is 11.5 Å². The van der Waals surface area contributed by atoms with Gasteiger partial charge in [-0.15, -0.1) is 0 Å². The first-order valence-electron chi connectivity index (χ1n) is 9.37. The Labute approximate surface area is 159 Å². The molecule has 0 radical (unpaired) electrons. The average molecular weight is 367 g/mol. The fourth-order valence-corrected chi connectivity index (χ4v) is 3.62. The summed E-state index contributed by atoms with van der Waals surface area (Å²) in [4.78, 5) is 16.8. The molecule has 0 atom stereocenters. The number of hydrogen-bond donors (Lipinski definition) is 1. The minimum Gasteiger partial charge on any atom is -0.486 e. The summed E-state index contributed by atoms with van der Waals surface area (Å²) in [5.74, 6) is 1.40. The maximum absolute atomic E-state index is 12.6. The first kappa shape index (κ1) is 17.5. The van der Waals surface area contributed by atoms with Gasteiger partial charge in [0.1, 0.15) is 13.2 Å². The SMILES string of the molecule is Cc1cc(C)cc(N2CCN(C(=O)Nc3ccc4c(c3)OCCO4)CC2)c1. The second kappa shape index (κ2) is 7.39. The van der Waals surface area contributed by atoms with Gasteiger partial charge in [0.05, 0.1) is 0 Å². The molecule has 1 fully saturated rings. The van der Waals surface area contributed by atoms with Gasteiger partial charge in [0.25, 0.3) is 0 Å². The molecule has 0 aromatic heterocycles. The third kappa shape index (κ3) is 3.94. The molecular formula is C21H25N3O3. The topological polar surface area (TPSA) is 54.0 Å². The number of anilines is 2. The second-order valence-corrected chi connectivity index (χ2v) is 7.11. The van der Waals surface area contributed by atoms with E-state index >= 15 is 0 Å². The Bertz CT molecular complexity index is 824. The van der Waals surface area contributed by atoms with E-state index in [-0.39, 0.29) is 6.03 Å². The van der Waals surface area contributed by atoms with Crippen LogP contribution < -0.4 is 19.7 Å². The Balaban J connectivity index is 1.36. The number of urea groups is 1. The number of amides is 2. The largest absolute Gasteiger partial charge is 0.486 e. The highest BCUT2D eigenvalue weighted by Gasteiger charge is 2.22. The van der Waals surface area contributed by atoms with Crippen molar-refractivity contribution in [3.63, 3.8) is 0 Å². The van der Waals surface area contributed by atoms with Crippen molar-refractivity contribution in [3.05, 3.63) is 47.5 Å². The number of carbonyl (C=O) groups excluding carboxylic acids is 1. The molecular weight excluding hydrogens is 342 g/mol. The molecule has 2 heterocycles. The van der Waals surface area contributed by atoms with Crippen molar-refractivity contribution in [3.8, 4) is 11.5 Å². The third-order valence-corrected chi connectivity index (χ3v) is 4.93. The number of carbonyl (C=O) groups is 1. The summed E-state index contributed by atoms with van der Waals surface area (Å²) in [7, 11) is 0. The maximum Gasteiger partial charge on any atom is 0.321 e. The summed E-state index contributed by atoms with van der Waals surface area (Å²) in [5.41, 5.74) is 4.49. The molecule has 0 aliphatic carbocycles. The zero-order valence-corrected chi connectivity index (χ0v) is 15.8. The first-order valence-corrected chi connectivity index (χ1v) is 9.37. The van der Waals surface area contributed by atoms with E-state index in [1.807, 2.05) is 23.1 Å². The van der Waals surface area contributed by atoms with Crippen LogP contribution in [0.4, 0.5) is 16.2 Å². The minimum atomic E-state index is -0.0771. The molecule has 0 bridgehead atoms. The van der Waals surface area contributed by atoms with E-state index < -0.39 is 0 Å². The van der Waals surface area contributed by atoms with Crippen LogP contribution in [0.1, 0.15) is 11.1 Å². The smallest absolute Gasteiger partial charge is 0.321 e. The molecule has 142 valence electrons. The van der Waals surface area contributed by atoms with Crippen LogP contribution in [-0.4, -0.2) is 50.3 Å². The molecule has 1 saturated heterocycles. The van der Waals surface area contributed by atoms with E-state index in [0.29, 0.717) is 32.1 Å². The minimum absolute atomic E-state index is 0.0771. The highest BCUT2D eigenvalue weighted by Crippen LogP contribution is 2.32. The van der Waals surface area contributed by atoms with Crippen molar-refractivity contribution in [1.82, 2.24) is 4.90 Å². The molecule has 27 heavy (non-hydrogen) atoms. The number of benzene rings is 2. The summed E-state index contributed by atoms with van der Waals surface area (Å²) in [6.07, 6.45) is 0. The Hall–Kier alpha value is -2.89. The first-order chi connectivity index (χ1) is 13.1. The highest BCUT2D eigenvalue weighted by molar-refractivity contribution is 5.90. The van der Waals surface area contributed by atoms with Gasteiger partial charge >= 0.3 is 6.03 Å². The van der Waals surface area contributed by atoms with Crippen LogP contribution in [0.15, 0.2) is 36.4 Å². The molecule has 2 aromatic rings. The monoisotopic (exact) mass is 367 g/mol. The summed E-state index contributed by atoms with van der Waals surface area (Å²) < 4.78 is 11.1. The predicted octanol–water partition coefficient (Wildman–Crippen LogP) is 3.43. The zero-order valence-electron chi connectivity index (χ0n) is 15.8. The number of piperazine rings is 1. The van der Waals surface area contributed by atoms with Crippen LogP contribution in [0.2, 0.25) is 0 Å². The number of fused-ring (bicyclic) bond motifs is 1. The summed E-state index contributed by atoms with van der Waals surface area (Å²) in [6, 6.07) is 12.0. The van der Waals surface area contributed by atoms with Crippen LogP contribution in [-0.2, 0) is 0 Å². The van der Waals surface area contributed by atoms with E-state index in [1.165, 1.54) is 16.8 Å². The third-order valence-electron chi connectivity index (χ3n) is 4.93. The highest BCUT2D eigenvalue weighted by atomic mass is 16.6. The van der Waals surface area contributed by atoms with Crippen molar-refractivity contribution in [2.24, 2.45) is 0 Å². The van der Waals surface area contributed by atoms with Crippen LogP contribution in [0.3, 0.4) is 0 Å². The van der Waals surface area contributed by atoms with Crippen LogP contribution in [0.5, 0.6) is 11.5 Å². The maximum atomic E-state index is 12.6. The van der Waals surface area contributed by atoms with E-state index in [0.717, 1.165) is 24.5 Å². The molecule has 2 amide bonds. The normalized spacial score (nSPS) is 16.2. The molecule has 1 N–H and O–H groups in total. The molecule has 0 unspecified atom stereocenters. The predicted molar refractivity (Wildman–Crippen MR) is 106 cm³/mol. The lowest BCUT2D eigenvalue weighted by Crippen LogP contribution is -2.50. The van der Waals surface area contributed by atoms with Crippen molar-refractivity contribution in [2.75, 3.05) is 49.6 Å². The summed E-state index contributed by atoms with van der Waals surface area (Å²) in [5, 5.41) is 2.97. The number of aryl methyl sites for hydroxylation is 2. The lowest BCUT2D eigenvalue weighted by molar-refractivity contribution is 0.171. The Morgan fingerprint density at radius 3 is 2.26 bits per heavy atom. The molecule has 2 aliphatic heterocycles. The van der Waals surface area contributed by atoms with Gasteiger partial charge in [-0.3, -0.25) is 0 Å². The van der Waals surface area contributed by atoms with Crippen LogP contribution >= 0.6 is 0 Å². The van der Waals surface area contributed by atoms with E-state index in [9.17, 15) is 4.79 Å². The van der Waals surface area contributed by atoms with E-state index in [4.69, 9.17) is 9.47 Å². The molecule has 6 nitrogen and oxygen atoms in total. The summed E-state index contributed by atoms with van der Waals surface area (Å²) >= 11 is 0. The molecule has 4 rings (SSSR count). The van der Waals surface area contributed by atoms with E-state index in [2.05, 4.69) is 42.3 Å². The fraction of sp³-hybridized carbons (Fsp3) is 0.381. The standard InChI is InChI=1S/C21H25N3O3/c1-15-11-16(2)13-18(12-15)23-5-7-24(8-6-23)21(25)22-17-3-4-19-20(14-17)27-10-9-26-19/h3-4,11-14H,5-10H2,1-2H3,(H,22,25). The molecule has 0 saturated carbocycles. The Kier molecular flexibility index (Phi) is 4.79. The van der Waals surface area contributed by atoms with Crippen LogP contribution in [0.25, 0.3) is 0 Å². The van der Waals surface area contributed by atoms with Crippen molar-refractivity contribution < 1.29 is 14.3 Å². The second-order valence-electron chi connectivity index (χ2n) is 7.11. The number of nitrogens with zero attached hydrogens (tertiary/aromatic N) is 2. The van der Waals surface area contributed by atoms with Gasteiger partial charge < -0.3 is 24.6 Å². The van der Waals surface area contributed by atoms with E-state index in [1.54, 1.807) is 0 Å².